The molecule has 2 aromatic carbocycles. The largest absolute Gasteiger partial charge is 0.396 e. The number of fused-ring (bicyclic) bond motifs is 1. The van der Waals surface area contributed by atoms with Gasteiger partial charge in [-0.1, -0.05) is 54.6 Å². The van der Waals surface area contributed by atoms with Gasteiger partial charge in [0.2, 0.25) is 5.91 Å². The monoisotopic (exact) mass is 582 g/mol. The molecular formula is C30H33F3N6O3. The summed E-state index contributed by atoms with van der Waals surface area (Å²) in [6.45, 7) is 0.815. The maximum Gasteiger partial charge on any atom is 0.396 e. The van der Waals surface area contributed by atoms with E-state index < -0.39 is 35.6 Å². The molecule has 0 spiro atoms. The molecule has 1 aliphatic rings. The quantitative estimate of drug-likeness (QED) is 0.329. The summed E-state index contributed by atoms with van der Waals surface area (Å²) in [6.07, 6.45) is -3.67. The van der Waals surface area contributed by atoms with E-state index in [1.165, 1.54) is 40.1 Å². The Morgan fingerprint density at radius 2 is 1.74 bits per heavy atom. The van der Waals surface area contributed by atoms with E-state index in [2.05, 4.69) is 15.4 Å². The van der Waals surface area contributed by atoms with Crippen LogP contribution in [0.5, 0.6) is 0 Å². The second kappa shape index (κ2) is 11.7. The zero-order chi connectivity index (χ0) is 30.1. The molecule has 1 fully saturated rings. The van der Waals surface area contributed by atoms with Crippen molar-refractivity contribution in [1.29, 1.82) is 0 Å². The van der Waals surface area contributed by atoms with Gasteiger partial charge >= 0.3 is 6.18 Å². The van der Waals surface area contributed by atoms with E-state index >= 15 is 0 Å². The number of likely N-dealkylation sites (tertiary alicyclic amines) is 1. The summed E-state index contributed by atoms with van der Waals surface area (Å²) in [4.78, 5) is 32.1. The molecule has 1 amide bonds. The standard InChI is InChI=1S/C30H33F3N6O3/c1-34-17-20-8-10-22(11-9-20)27-25-26(36-37(27)2)28(41)39(19-35-25)18-29(42)12-14-38(15-13-29)24(40)16-23(30(31,32)33)21-6-4-3-5-7-21/h3-11,19,23,34,42H,12-18H2,1-2H3/t23-/m1/s1. The van der Waals surface area contributed by atoms with Crippen LogP contribution in [0.25, 0.3) is 22.3 Å². The number of carbonyl (C=O) groups excluding carboxylic acids is 1. The number of rotatable bonds is 8. The van der Waals surface area contributed by atoms with Gasteiger partial charge in [-0.2, -0.15) is 18.3 Å². The first-order chi connectivity index (χ1) is 20.0. The van der Waals surface area contributed by atoms with E-state index in [1.54, 1.807) is 17.8 Å². The van der Waals surface area contributed by atoms with E-state index in [4.69, 9.17) is 0 Å². The number of alkyl halides is 3. The Labute approximate surface area is 240 Å². The number of nitrogens with zero attached hydrogens (tertiary/aromatic N) is 5. The highest BCUT2D eigenvalue weighted by Crippen LogP contribution is 2.38. The minimum absolute atomic E-state index is 0.0395. The number of nitrogens with one attached hydrogen (secondary N) is 1. The number of aromatic nitrogens is 4. The Morgan fingerprint density at radius 3 is 2.36 bits per heavy atom. The van der Waals surface area contributed by atoms with Gasteiger partial charge in [-0.05, 0) is 31.0 Å². The molecule has 12 heteroatoms. The lowest BCUT2D eigenvalue weighted by Crippen LogP contribution is -2.50. The van der Waals surface area contributed by atoms with E-state index in [0.717, 1.165) is 17.7 Å². The number of carbonyl (C=O) groups is 1. The molecule has 9 nitrogen and oxygen atoms in total. The van der Waals surface area contributed by atoms with Gasteiger partial charge in [0, 0.05) is 38.7 Å². The summed E-state index contributed by atoms with van der Waals surface area (Å²) in [7, 11) is 3.61. The number of amides is 1. The van der Waals surface area contributed by atoms with Crippen molar-refractivity contribution in [2.45, 2.75) is 50.0 Å². The van der Waals surface area contributed by atoms with Crippen molar-refractivity contribution in [1.82, 2.24) is 29.5 Å². The van der Waals surface area contributed by atoms with Crippen LogP contribution in [0.2, 0.25) is 0 Å². The van der Waals surface area contributed by atoms with Gasteiger partial charge in [0.15, 0.2) is 5.52 Å². The van der Waals surface area contributed by atoms with Gasteiger partial charge < -0.3 is 15.3 Å². The molecule has 5 rings (SSSR count). The zero-order valence-electron chi connectivity index (χ0n) is 23.4. The highest BCUT2D eigenvalue weighted by Gasteiger charge is 2.43. The third-order valence-electron chi connectivity index (χ3n) is 7.91. The number of hydrogen-bond donors (Lipinski definition) is 2. The Hall–Kier alpha value is -4.03. The number of halogens is 3. The molecule has 1 aliphatic heterocycles. The highest BCUT2D eigenvalue weighted by atomic mass is 19.4. The molecule has 222 valence electrons. The summed E-state index contributed by atoms with van der Waals surface area (Å²) in [5.41, 5.74) is 1.59. The molecule has 0 aliphatic carbocycles. The van der Waals surface area contributed by atoms with Crippen LogP contribution in [0.1, 0.15) is 36.3 Å². The number of aliphatic hydroxyl groups is 1. The summed E-state index contributed by atoms with van der Waals surface area (Å²) < 4.78 is 44.2. The fraction of sp³-hybridized carbons (Fsp3) is 0.400. The first-order valence-electron chi connectivity index (χ1n) is 13.8. The third-order valence-corrected chi connectivity index (χ3v) is 7.91. The molecule has 0 unspecified atom stereocenters. The van der Waals surface area contributed by atoms with Crippen LogP contribution in [-0.4, -0.2) is 67.2 Å². The molecule has 0 saturated carbocycles. The first kappa shape index (κ1) is 29.5. The van der Waals surface area contributed by atoms with E-state index in [9.17, 15) is 27.9 Å². The van der Waals surface area contributed by atoms with Crippen molar-refractivity contribution in [3.8, 4) is 11.3 Å². The Balaban J connectivity index is 1.28. The number of aryl methyl sites for hydroxylation is 1. The zero-order valence-corrected chi connectivity index (χ0v) is 23.4. The van der Waals surface area contributed by atoms with E-state index in [1.807, 2.05) is 31.3 Å². The SMILES string of the molecule is CNCc1ccc(-c2c3ncn(CC4(O)CCN(C(=O)C[C@H](c5ccccc5)C(F)(F)F)CC4)c(=O)c3nn2C)cc1. The van der Waals surface area contributed by atoms with Crippen molar-refractivity contribution < 1.29 is 23.1 Å². The van der Waals surface area contributed by atoms with Crippen molar-refractivity contribution in [3.63, 3.8) is 0 Å². The molecule has 4 aromatic rings. The summed E-state index contributed by atoms with van der Waals surface area (Å²) in [5, 5.41) is 18.8. The molecule has 2 N–H and O–H groups in total. The summed E-state index contributed by atoms with van der Waals surface area (Å²) in [6, 6.07) is 15.3. The van der Waals surface area contributed by atoms with Gasteiger partial charge in [-0.25, -0.2) is 4.98 Å². The van der Waals surface area contributed by atoms with Gasteiger partial charge in [-0.3, -0.25) is 18.8 Å². The van der Waals surface area contributed by atoms with Gasteiger partial charge in [0.05, 0.1) is 30.1 Å². The molecule has 1 atom stereocenters. The molecule has 42 heavy (non-hydrogen) atoms. The normalized spacial score (nSPS) is 16.1. The number of hydrogen-bond acceptors (Lipinski definition) is 6. The molecule has 1 saturated heterocycles. The van der Waals surface area contributed by atoms with Crippen molar-refractivity contribution in [3.05, 3.63) is 82.4 Å². The first-order valence-corrected chi connectivity index (χ1v) is 13.8. The predicted octanol–water partition coefficient (Wildman–Crippen LogP) is 3.61. The van der Waals surface area contributed by atoms with Crippen molar-refractivity contribution >= 4 is 16.9 Å². The van der Waals surface area contributed by atoms with Crippen LogP contribution in [0, 0.1) is 0 Å². The topological polar surface area (TPSA) is 105 Å². The van der Waals surface area contributed by atoms with Gasteiger partial charge in [0.25, 0.3) is 5.56 Å². The second-order valence-electron chi connectivity index (χ2n) is 10.9. The third kappa shape index (κ3) is 6.09. The average molecular weight is 583 g/mol. The van der Waals surface area contributed by atoms with Crippen LogP contribution < -0.4 is 10.9 Å². The summed E-state index contributed by atoms with van der Waals surface area (Å²) >= 11 is 0. The van der Waals surface area contributed by atoms with Crippen LogP contribution in [0.15, 0.2) is 65.7 Å². The smallest absolute Gasteiger partial charge is 0.388 e. The molecule has 0 bridgehead atoms. The number of piperidine rings is 1. The molecule has 2 aromatic heterocycles. The van der Waals surface area contributed by atoms with Crippen molar-refractivity contribution in [2.75, 3.05) is 20.1 Å². The van der Waals surface area contributed by atoms with Crippen LogP contribution in [-0.2, 0) is 24.9 Å². The average Bonchev–Trinajstić information content (AvgIpc) is 3.30. The van der Waals surface area contributed by atoms with Crippen LogP contribution in [0.3, 0.4) is 0 Å². The minimum atomic E-state index is -4.57. The lowest BCUT2D eigenvalue weighted by Gasteiger charge is -2.39. The Bertz CT molecular complexity index is 1610. The Morgan fingerprint density at radius 1 is 1.07 bits per heavy atom. The highest BCUT2D eigenvalue weighted by molar-refractivity contribution is 5.89. The maximum absolute atomic E-state index is 13.8. The number of benzene rings is 2. The van der Waals surface area contributed by atoms with E-state index in [0.29, 0.717) is 11.2 Å². The fourth-order valence-electron chi connectivity index (χ4n) is 5.57. The van der Waals surface area contributed by atoms with Crippen molar-refractivity contribution in [2.24, 2.45) is 7.05 Å². The van der Waals surface area contributed by atoms with Crippen LogP contribution >= 0.6 is 0 Å². The van der Waals surface area contributed by atoms with Crippen LogP contribution in [0.4, 0.5) is 13.2 Å². The maximum atomic E-state index is 13.8. The molecule has 0 radical (unpaired) electrons. The minimum Gasteiger partial charge on any atom is -0.388 e. The lowest BCUT2D eigenvalue weighted by molar-refractivity contribution is -0.162. The molecule has 3 heterocycles. The summed E-state index contributed by atoms with van der Waals surface area (Å²) in [5.74, 6) is -2.53. The van der Waals surface area contributed by atoms with Gasteiger partial charge in [-0.15, -0.1) is 0 Å². The second-order valence-corrected chi connectivity index (χ2v) is 10.9. The van der Waals surface area contributed by atoms with E-state index in [-0.39, 0.29) is 43.6 Å². The van der Waals surface area contributed by atoms with Gasteiger partial charge in [0.1, 0.15) is 5.52 Å². The lowest BCUT2D eigenvalue weighted by atomic mass is 9.90. The fourth-order valence-corrected chi connectivity index (χ4v) is 5.57. The Kier molecular flexibility index (Phi) is 8.20. The molecular weight excluding hydrogens is 549 g/mol. The predicted molar refractivity (Wildman–Crippen MR) is 152 cm³/mol.